The number of aryl methyl sites for hydroxylation is 4. The molecule has 48 heavy (non-hydrogen) atoms. The van der Waals surface area contributed by atoms with Crippen molar-refractivity contribution in [3.63, 3.8) is 0 Å². The third kappa shape index (κ3) is 8.32. The Morgan fingerprint density at radius 1 is 0.354 bits per heavy atom. The average Bonchev–Trinajstić information content (AvgIpc) is 3.06. The van der Waals surface area contributed by atoms with Crippen LogP contribution in [0.2, 0.25) is 0 Å². The summed E-state index contributed by atoms with van der Waals surface area (Å²) < 4.78 is 46.9. The molecule has 0 atom stereocenters. The zero-order valence-corrected chi connectivity index (χ0v) is 32.4. The first-order chi connectivity index (χ1) is 23.3. The summed E-state index contributed by atoms with van der Waals surface area (Å²) in [6.07, 6.45) is 0. The number of rotatable bonds is 16. The van der Waals surface area contributed by atoms with E-state index in [0.717, 1.165) is 23.0 Å². The first-order valence-corrected chi connectivity index (χ1v) is 23.6. The molecule has 256 valence electrons. The van der Waals surface area contributed by atoms with Crippen LogP contribution >= 0.6 is 29.2 Å². The maximum absolute atomic E-state index is 6.32. The SMILES string of the molecule is COCOc1ccc(C)cc1P1P(c2cc(C)ccc2OCOC)P(c2cc(C)ccc2OCOC)P1c1cc(C)ccc1OCOC. The number of hydrogen-bond acceptors (Lipinski definition) is 8. The summed E-state index contributed by atoms with van der Waals surface area (Å²) in [6.45, 7) is 9.22. The molecule has 5 rings (SSSR count). The molecule has 12 heteroatoms. The summed E-state index contributed by atoms with van der Waals surface area (Å²) in [5.41, 5.74) is 4.72. The van der Waals surface area contributed by atoms with Gasteiger partial charge in [0.25, 0.3) is 0 Å². The van der Waals surface area contributed by atoms with Crippen LogP contribution in [0, 0.1) is 27.7 Å². The van der Waals surface area contributed by atoms with Crippen molar-refractivity contribution >= 4 is 50.4 Å². The van der Waals surface area contributed by atoms with Crippen LogP contribution in [0.1, 0.15) is 22.3 Å². The Hall–Kier alpha value is -2.36. The molecule has 1 aliphatic heterocycles. The van der Waals surface area contributed by atoms with E-state index in [-0.39, 0.29) is 27.2 Å². The smallest absolute Gasteiger partial charge is 0.188 e. The molecule has 0 aromatic heterocycles. The first kappa shape index (κ1) is 36.9. The number of methoxy groups -OCH3 is 4. The molecule has 0 saturated carbocycles. The molecular weight excluding hydrogens is 684 g/mol. The predicted octanol–water partition coefficient (Wildman–Crippen LogP) is 8.05. The second kappa shape index (κ2) is 17.5. The zero-order valence-electron chi connectivity index (χ0n) is 28.8. The molecule has 4 aromatic carbocycles. The van der Waals surface area contributed by atoms with Crippen LogP contribution in [-0.2, 0) is 18.9 Å². The maximum atomic E-state index is 6.32. The fourth-order valence-corrected chi connectivity index (χ4v) is 43.4. The number of benzene rings is 4. The molecule has 1 aliphatic rings. The lowest BCUT2D eigenvalue weighted by Gasteiger charge is -2.54. The highest BCUT2D eigenvalue weighted by Gasteiger charge is 2.56. The average molecular weight is 729 g/mol. The van der Waals surface area contributed by atoms with E-state index in [1.807, 2.05) is 0 Å². The van der Waals surface area contributed by atoms with E-state index < -0.39 is 29.2 Å². The Labute approximate surface area is 288 Å². The van der Waals surface area contributed by atoms with Crippen LogP contribution in [-0.4, -0.2) is 55.6 Å². The fraction of sp³-hybridized carbons (Fsp3) is 0.333. The Morgan fingerprint density at radius 2 is 0.562 bits per heavy atom. The second-order valence-corrected chi connectivity index (χ2v) is 28.9. The topological polar surface area (TPSA) is 73.8 Å². The minimum absolute atomic E-state index is 0.163. The summed E-state index contributed by atoms with van der Waals surface area (Å²) >= 11 is 0. The van der Waals surface area contributed by atoms with E-state index >= 15 is 0 Å². The molecule has 0 aliphatic carbocycles. The van der Waals surface area contributed by atoms with Gasteiger partial charge in [0, 0.05) is 49.7 Å². The third-order valence-corrected chi connectivity index (χ3v) is 39.4. The summed E-state index contributed by atoms with van der Waals surface area (Å²) in [6, 6.07) is 26.0. The molecular formula is C36H44O8P4. The van der Waals surface area contributed by atoms with Gasteiger partial charge in [0.1, 0.15) is 23.0 Å². The fourth-order valence-electron chi connectivity index (χ4n) is 5.22. The molecule has 0 radical (unpaired) electrons. The molecule has 4 aromatic rings. The molecule has 0 N–H and O–H groups in total. The highest BCUT2D eigenvalue weighted by molar-refractivity contribution is 9.13. The van der Waals surface area contributed by atoms with Gasteiger partial charge in [-0.25, -0.2) is 0 Å². The van der Waals surface area contributed by atoms with Crippen molar-refractivity contribution in [3.05, 3.63) is 95.1 Å². The first-order valence-electron chi connectivity index (χ1n) is 15.4. The summed E-state index contributed by atoms with van der Waals surface area (Å²) in [7, 11) is 3.16. The number of ether oxygens (including phenoxy) is 8. The van der Waals surface area contributed by atoms with E-state index in [4.69, 9.17) is 37.9 Å². The van der Waals surface area contributed by atoms with Gasteiger partial charge < -0.3 is 37.9 Å². The van der Waals surface area contributed by atoms with Gasteiger partial charge in [0.15, 0.2) is 27.2 Å². The third-order valence-electron chi connectivity index (χ3n) is 7.37. The van der Waals surface area contributed by atoms with Gasteiger partial charge in [-0.05, 0) is 105 Å². The Kier molecular flexibility index (Phi) is 13.5. The van der Waals surface area contributed by atoms with Crippen LogP contribution in [0.5, 0.6) is 23.0 Å². The zero-order chi connectivity index (χ0) is 34.2. The van der Waals surface area contributed by atoms with Crippen molar-refractivity contribution in [1.82, 2.24) is 0 Å². The van der Waals surface area contributed by atoms with Crippen molar-refractivity contribution in [2.45, 2.75) is 27.7 Å². The molecule has 1 fully saturated rings. The van der Waals surface area contributed by atoms with Crippen molar-refractivity contribution in [2.24, 2.45) is 0 Å². The lowest BCUT2D eigenvalue weighted by molar-refractivity contribution is 0.0517. The minimum atomic E-state index is -0.861. The second-order valence-electron chi connectivity index (χ2n) is 11.2. The largest absolute Gasteiger partial charge is 0.467 e. The Bertz CT molecular complexity index is 1430. The Morgan fingerprint density at radius 3 is 0.750 bits per heavy atom. The van der Waals surface area contributed by atoms with Crippen molar-refractivity contribution < 1.29 is 37.9 Å². The lowest BCUT2D eigenvalue weighted by atomic mass is 10.2. The van der Waals surface area contributed by atoms with E-state index in [9.17, 15) is 0 Å². The molecule has 0 spiro atoms. The van der Waals surface area contributed by atoms with Crippen molar-refractivity contribution in [2.75, 3.05) is 55.6 Å². The minimum Gasteiger partial charge on any atom is -0.467 e. The van der Waals surface area contributed by atoms with Crippen LogP contribution < -0.4 is 40.2 Å². The van der Waals surface area contributed by atoms with Gasteiger partial charge >= 0.3 is 0 Å². The number of hydrogen-bond donors (Lipinski definition) is 0. The monoisotopic (exact) mass is 728 g/mol. The van der Waals surface area contributed by atoms with Crippen LogP contribution in [0.3, 0.4) is 0 Å². The molecule has 0 bridgehead atoms. The molecule has 1 heterocycles. The summed E-state index contributed by atoms with van der Waals surface area (Å²) in [5.74, 6) is 3.40. The van der Waals surface area contributed by atoms with Crippen molar-refractivity contribution in [1.29, 1.82) is 0 Å². The van der Waals surface area contributed by atoms with E-state index in [0.29, 0.717) is 0 Å². The van der Waals surface area contributed by atoms with E-state index in [1.165, 1.54) is 43.5 Å². The van der Waals surface area contributed by atoms with Gasteiger partial charge in [-0.15, -0.1) is 0 Å². The molecule has 8 nitrogen and oxygen atoms in total. The van der Waals surface area contributed by atoms with Gasteiger partial charge in [-0.2, -0.15) is 0 Å². The van der Waals surface area contributed by atoms with Crippen LogP contribution in [0.4, 0.5) is 0 Å². The van der Waals surface area contributed by atoms with Gasteiger partial charge in [-0.3, -0.25) is 0 Å². The quantitative estimate of drug-likeness (QED) is 0.0848. The van der Waals surface area contributed by atoms with E-state index in [1.54, 1.807) is 28.4 Å². The van der Waals surface area contributed by atoms with Gasteiger partial charge in [-0.1, -0.05) is 46.5 Å². The predicted molar refractivity (Wildman–Crippen MR) is 201 cm³/mol. The van der Waals surface area contributed by atoms with Crippen molar-refractivity contribution in [3.8, 4) is 23.0 Å². The Balaban J connectivity index is 1.84. The lowest BCUT2D eigenvalue weighted by Crippen LogP contribution is -2.24. The van der Waals surface area contributed by atoms with Gasteiger partial charge in [0.05, 0.1) is 0 Å². The van der Waals surface area contributed by atoms with Crippen LogP contribution in [0.25, 0.3) is 0 Å². The molecule has 0 unspecified atom stereocenters. The maximum Gasteiger partial charge on any atom is 0.188 e. The van der Waals surface area contributed by atoms with Crippen LogP contribution in [0.15, 0.2) is 72.8 Å². The highest BCUT2D eigenvalue weighted by atomic mass is 33.0. The normalized spacial score (nSPS) is 18.7. The molecule has 1 saturated heterocycles. The van der Waals surface area contributed by atoms with Gasteiger partial charge in [0.2, 0.25) is 0 Å². The standard InChI is InChI=1S/C36H44O8P4/c1-25-9-13-29(41-21-37-5)33(17-25)45-46(34-18-26(2)10-14-30(34)42-22-38-6)48(36-20-28(4)12-16-32(36)44-24-40-8)47(45)35-19-27(3)11-15-31(35)43-23-39-7/h9-20H,21-24H2,1-8H3. The highest BCUT2D eigenvalue weighted by Crippen LogP contribution is 3.19. The summed E-state index contributed by atoms with van der Waals surface area (Å²) in [4.78, 5) is 0. The molecule has 0 amide bonds. The van der Waals surface area contributed by atoms with E-state index in [2.05, 4.69) is 100 Å². The summed E-state index contributed by atoms with van der Waals surface area (Å²) in [5, 5.41) is 4.90.